The monoisotopic (exact) mass is 493 g/mol. The number of nitrogens with zero attached hydrogens (tertiary/aromatic N) is 1. The van der Waals surface area contributed by atoms with Gasteiger partial charge >= 0.3 is 0 Å². The number of carbonyl (C=O) groups excluding carboxylic acids is 2. The maximum Gasteiger partial charge on any atom is 0.295 e. The van der Waals surface area contributed by atoms with Gasteiger partial charge in [0.15, 0.2) is 0 Å². The summed E-state index contributed by atoms with van der Waals surface area (Å²) in [6.45, 7) is 2.17. The minimum atomic E-state index is -0.821. The molecule has 1 fully saturated rings. The Kier molecular flexibility index (Phi) is 5.84. The van der Waals surface area contributed by atoms with E-state index >= 15 is 0 Å². The number of likely N-dealkylation sites (tertiary alicyclic amines) is 1. The molecule has 0 spiro atoms. The van der Waals surface area contributed by atoms with Crippen LogP contribution in [0.1, 0.15) is 35.2 Å². The molecule has 3 aromatic rings. The van der Waals surface area contributed by atoms with Crippen molar-refractivity contribution in [2.45, 2.75) is 32.0 Å². The zero-order valence-electron chi connectivity index (χ0n) is 18.3. The van der Waals surface area contributed by atoms with Crippen LogP contribution in [0, 0.1) is 0 Å². The van der Waals surface area contributed by atoms with Crippen LogP contribution in [0.15, 0.2) is 72.3 Å². The number of halogens is 2. The second kappa shape index (κ2) is 8.82. The Labute approximate surface area is 207 Å². The average molecular weight is 494 g/mol. The van der Waals surface area contributed by atoms with Gasteiger partial charge in [0.25, 0.3) is 11.7 Å². The van der Waals surface area contributed by atoms with Gasteiger partial charge in [0, 0.05) is 18.5 Å². The minimum absolute atomic E-state index is 0.0197. The van der Waals surface area contributed by atoms with Gasteiger partial charge in [0.2, 0.25) is 0 Å². The molecule has 2 atom stereocenters. The SMILES string of the molecule is CC1Cc2cc(/C(O)=C3/C(=O)C(=O)N(Cc4ccccc4)C3c3ccc(Cl)c(Cl)c3)ccc2O1. The summed E-state index contributed by atoms with van der Waals surface area (Å²) in [5.41, 5.74) is 2.87. The molecule has 172 valence electrons. The van der Waals surface area contributed by atoms with Crippen LogP contribution >= 0.6 is 23.2 Å². The summed E-state index contributed by atoms with van der Waals surface area (Å²) in [4.78, 5) is 27.9. The van der Waals surface area contributed by atoms with E-state index in [1.807, 2.05) is 43.3 Å². The number of Topliss-reactive ketones (excluding diaryl/α,β-unsaturated/α-hetero) is 1. The summed E-state index contributed by atoms with van der Waals surface area (Å²) in [6, 6.07) is 18.8. The van der Waals surface area contributed by atoms with Gasteiger partial charge in [-0.2, -0.15) is 0 Å². The molecule has 0 saturated carbocycles. The molecule has 1 amide bonds. The van der Waals surface area contributed by atoms with E-state index in [0.717, 1.165) is 16.9 Å². The van der Waals surface area contributed by atoms with E-state index in [1.165, 1.54) is 4.90 Å². The number of rotatable bonds is 4. The van der Waals surface area contributed by atoms with Crippen molar-refractivity contribution < 1.29 is 19.4 Å². The van der Waals surface area contributed by atoms with Crippen LogP contribution in [0.5, 0.6) is 5.75 Å². The summed E-state index contributed by atoms with van der Waals surface area (Å²) < 4.78 is 5.75. The zero-order chi connectivity index (χ0) is 24.0. The summed E-state index contributed by atoms with van der Waals surface area (Å²) in [5, 5.41) is 12.0. The van der Waals surface area contributed by atoms with Crippen molar-refractivity contribution in [2.75, 3.05) is 0 Å². The third kappa shape index (κ3) is 3.95. The molecule has 2 unspecified atom stereocenters. The fraction of sp³-hybridized carbons (Fsp3) is 0.185. The number of hydrogen-bond donors (Lipinski definition) is 1. The first kappa shape index (κ1) is 22.5. The highest BCUT2D eigenvalue weighted by Crippen LogP contribution is 2.42. The molecule has 5 nitrogen and oxygen atoms in total. The normalized spacial score (nSPS) is 21.0. The van der Waals surface area contributed by atoms with Gasteiger partial charge in [-0.15, -0.1) is 0 Å². The van der Waals surface area contributed by atoms with E-state index < -0.39 is 17.7 Å². The topological polar surface area (TPSA) is 66.8 Å². The first-order chi connectivity index (χ1) is 16.3. The molecular weight excluding hydrogens is 473 g/mol. The lowest BCUT2D eigenvalue weighted by molar-refractivity contribution is -0.140. The number of ketones is 1. The lowest BCUT2D eigenvalue weighted by Gasteiger charge is -2.25. The molecule has 0 aliphatic carbocycles. The molecule has 3 aromatic carbocycles. The van der Waals surface area contributed by atoms with Crippen molar-refractivity contribution in [1.82, 2.24) is 4.90 Å². The molecule has 7 heteroatoms. The molecule has 1 saturated heterocycles. The van der Waals surface area contributed by atoms with E-state index in [1.54, 1.807) is 30.3 Å². The number of aliphatic hydroxyl groups is 1. The smallest absolute Gasteiger partial charge is 0.295 e. The lowest BCUT2D eigenvalue weighted by Crippen LogP contribution is -2.29. The van der Waals surface area contributed by atoms with Gasteiger partial charge in [-0.3, -0.25) is 9.59 Å². The number of fused-ring (bicyclic) bond motifs is 1. The summed E-state index contributed by atoms with van der Waals surface area (Å²) in [5.74, 6) is -0.892. The van der Waals surface area contributed by atoms with Gasteiger partial charge in [-0.25, -0.2) is 0 Å². The predicted molar refractivity (Wildman–Crippen MR) is 131 cm³/mol. The highest BCUT2D eigenvalue weighted by molar-refractivity contribution is 6.46. The number of hydrogen-bond acceptors (Lipinski definition) is 4. The molecular formula is C27H21Cl2NO4. The molecule has 0 aromatic heterocycles. The number of carbonyl (C=O) groups is 2. The molecule has 2 aliphatic heterocycles. The predicted octanol–water partition coefficient (Wildman–Crippen LogP) is 5.94. The molecule has 0 radical (unpaired) electrons. The van der Waals surface area contributed by atoms with Crippen LogP contribution in [0.3, 0.4) is 0 Å². The van der Waals surface area contributed by atoms with Crippen LogP contribution in [0.4, 0.5) is 0 Å². The maximum absolute atomic E-state index is 13.2. The Morgan fingerprint density at radius 2 is 1.79 bits per heavy atom. The first-order valence-corrected chi connectivity index (χ1v) is 11.7. The summed E-state index contributed by atoms with van der Waals surface area (Å²) >= 11 is 12.4. The van der Waals surface area contributed by atoms with Gasteiger partial charge in [-0.1, -0.05) is 59.6 Å². The number of aliphatic hydroxyl groups excluding tert-OH is 1. The average Bonchev–Trinajstić information content (AvgIpc) is 3.32. The van der Waals surface area contributed by atoms with E-state index in [-0.39, 0.29) is 24.0 Å². The van der Waals surface area contributed by atoms with Crippen molar-refractivity contribution in [3.05, 3.63) is 105 Å². The van der Waals surface area contributed by atoms with Crippen LogP contribution in [0.25, 0.3) is 5.76 Å². The highest BCUT2D eigenvalue weighted by Gasteiger charge is 2.46. The zero-order valence-corrected chi connectivity index (χ0v) is 19.8. The number of benzene rings is 3. The molecule has 2 heterocycles. The van der Waals surface area contributed by atoms with Gasteiger partial charge in [0.05, 0.1) is 21.7 Å². The molecule has 1 N–H and O–H groups in total. The standard InChI is InChI=1S/C27H21Cl2NO4/c1-15-11-19-12-18(8-10-22(19)34-15)25(31)23-24(17-7-9-20(28)21(29)13-17)30(27(33)26(23)32)14-16-5-3-2-4-6-16/h2-10,12-13,15,24,31H,11,14H2,1H3/b25-23-. The Balaban J connectivity index is 1.65. The second-order valence-electron chi connectivity index (χ2n) is 8.54. The van der Waals surface area contributed by atoms with Crippen LogP contribution < -0.4 is 4.74 Å². The Hall–Kier alpha value is -3.28. The first-order valence-electron chi connectivity index (χ1n) is 10.9. The van der Waals surface area contributed by atoms with E-state index in [9.17, 15) is 14.7 Å². The number of amides is 1. The molecule has 5 rings (SSSR count). The third-order valence-electron chi connectivity index (χ3n) is 6.16. The molecule has 2 aliphatic rings. The van der Waals surface area contributed by atoms with Crippen LogP contribution in [0.2, 0.25) is 10.0 Å². The Morgan fingerprint density at radius 1 is 1.03 bits per heavy atom. The van der Waals surface area contributed by atoms with Crippen LogP contribution in [-0.4, -0.2) is 27.8 Å². The fourth-order valence-electron chi connectivity index (χ4n) is 4.58. The van der Waals surface area contributed by atoms with E-state index in [2.05, 4.69) is 0 Å². The maximum atomic E-state index is 13.2. The van der Waals surface area contributed by atoms with Crippen molar-refractivity contribution in [2.24, 2.45) is 0 Å². The number of ether oxygens (including phenoxy) is 1. The highest BCUT2D eigenvalue weighted by atomic mass is 35.5. The summed E-state index contributed by atoms with van der Waals surface area (Å²) in [7, 11) is 0. The van der Waals surface area contributed by atoms with Gasteiger partial charge in [0.1, 0.15) is 17.6 Å². The van der Waals surface area contributed by atoms with E-state index in [4.69, 9.17) is 27.9 Å². The van der Waals surface area contributed by atoms with Crippen molar-refractivity contribution >= 4 is 40.7 Å². The fourth-order valence-corrected chi connectivity index (χ4v) is 4.88. The van der Waals surface area contributed by atoms with E-state index in [0.29, 0.717) is 27.6 Å². The lowest BCUT2D eigenvalue weighted by atomic mass is 9.94. The Morgan fingerprint density at radius 3 is 2.53 bits per heavy atom. The van der Waals surface area contributed by atoms with Crippen molar-refractivity contribution in [1.29, 1.82) is 0 Å². The third-order valence-corrected chi connectivity index (χ3v) is 6.90. The molecule has 34 heavy (non-hydrogen) atoms. The quantitative estimate of drug-likeness (QED) is 0.277. The van der Waals surface area contributed by atoms with Gasteiger partial charge < -0.3 is 14.7 Å². The van der Waals surface area contributed by atoms with Crippen LogP contribution in [-0.2, 0) is 22.6 Å². The largest absolute Gasteiger partial charge is 0.507 e. The van der Waals surface area contributed by atoms with Crippen molar-refractivity contribution in [3.63, 3.8) is 0 Å². The second-order valence-corrected chi connectivity index (χ2v) is 9.36. The minimum Gasteiger partial charge on any atom is -0.507 e. The van der Waals surface area contributed by atoms with Crippen molar-refractivity contribution in [3.8, 4) is 5.75 Å². The van der Waals surface area contributed by atoms with Gasteiger partial charge in [-0.05, 0) is 53.9 Å². The summed E-state index contributed by atoms with van der Waals surface area (Å²) in [6.07, 6.45) is 0.745. The molecule has 0 bridgehead atoms. The Bertz CT molecular complexity index is 1340.